The minimum atomic E-state index is -1.25. The summed E-state index contributed by atoms with van der Waals surface area (Å²) in [5.74, 6) is -1.09. The van der Waals surface area contributed by atoms with Crippen molar-refractivity contribution in [2.75, 3.05) is 6.54 Å². The van der Waals surface area contributed by atoms with Gasteiger partial charge in [0.25, 0.3) is 0 Å². The fraction of sp³-hybridized carbons (Fsp3) is 0.556. The number of pyridine rings is 1. The van der Waals surface area contributed by atoms with Crippen LogP contribution < -0.4 is 5.73 Å². The molecular formula is C18H26N4O4. The van der Waals surface area contributed by atoms with Gasteiger partial charge in [0.05, 0.1) is 11.5 Å². The summed E-state index contributed by atoms with van der Waals surface area (Å²) in [7, 11) is 0. The van der Waals surface area contributed by atoms with Crippen LogP contribution in [0.3, 0.4) is 0 Å². The van der Waals surface area contributed by atoms with Crippen molar-refractivity contribution in [2.45, 2.75) is 51.7 Å². The Hall–Kier alpha value is -2.32. The zero-order valence-corrected chi connectivity index (χ0v) is 15.4. The maximum Gasteiger partial charge on any atom is 0.312 e. The molecule has 26 heavy (non-hydrogen) atoms. The van der Waals surface area contributed by atoms with Crippen molar-refractivity contribution >= 4 is 5.97 Å². The van der Waals surface area contributed by atoms with Crippen LogP contribution in [0.15, 0.2) is 28.9 Å². The highest BCUT2D eigenvalue weighted by Crippen LogP contribution is 2.30. The van der Waals surface area contributed by atoms with Crippen LogP contribution in [0.4, 0.5) is 0 Å². The smallest absolute Gasteiger partial charge is 0.312 e. The van der Waals surface area contributed by atoms with E-state index in [0.717, 1.165) is 6.42 Å². The number of carbonyl (C=O) groups excluding carboxylic acids is 1. The molecule has 0 radical (unpaired) electrons. The van der Waals surface area contributed by atoms with Crippen molar-refractivity contribution in [3.05, 3.63) is 30.4 Å². The van der Waals surface area contributed by atoms with Crippen molar-refractivity contribution in [2.24, 2.45) is 11.7 Å². The van der Waals surface area contributed by atoms with Crippen LogP contribution >= 0.6 is 0 Å². The Morgan fingerprint density at radius 3 is 2.73 bits per heavy atom. The summed E-state index contributed by atoms with van der Waals surface area (Å²) in [6.45, 7) is 5.85. The summed E-state index contributed by atoms with van der Waals surface area (Å²) in [5.41, 5.74) is 5.50. The number of unbranched alkanes of at least 4 members (excludes halogenated alkanes) is 1. The molecule has 8 heteroatoms. The van der Waals surface area contributed by atoms with Crippen molar-refractivity contribution in [1.82, 2.24) is 15.2 Å². The molecule has 2 rings (SSSR count). The Morgan fingerprint density at radius 2 is 2.12 bits per heavy atom. The fourth-order valence-electron chi connectivity index (χ4n) is 2.42. The van der Waals surface area contributed by atoms with E-state index in [1.807, 2.05) is 0 Å². The molecule has 0 aliphatic heterocycles. The summed E-state index contributed by atoms with van der Waals surface area (Å²) < 4.78 is 11.0. The van der Waals surface area contributed by atoms with Crippen LogP contribution in [0, 0.1) is 5.92 Å². The van der Waals surface area contributed by atoms with E-state index >= 15 is 0 Å². The van der Waals surface area contributed by atoms with Crippen molar-refractivity contribution in [1.29, 1.82) is 0 Å². The van der Waals surface area contributed by atoms with Gasteiger partial charge in [-0.15, -0.1) is 10.2 Å². The van der Waals surface area contributed by atoms with E-state index in [1.165, 1.54) is 0 Å². The van der Waals surface area contributed by atoms with E-state index in [-0.39, 0.29) is 11.8 Å². The molecule has 0 aromatic carbocycles. The minimum Gasteiger partial charge on any atom is -0.460 e. The SMILES string of the molecule is CC(C)(C)OC(=O)C(CCCCN)C(O)c1nnc(-c2cccnc2)o1. The van der Waals surface area contributed by atoms with Crippen LogP contribution in [0.1, 0.15) is 52.0 Å². The topological polar surface area (TPSA) is 124 Å². The Balaban J connectivity index is 2.18. The van der Waals surface area contributed by atoms with Gasteiger partial charge in [0.2, 0.25) is 11.8 Å². The lowest BCUT2D eigenvalue weighted by Gasteiger charge is -2.25. The Morgan fingerprint density at radius 1 is 1.35 bits per heavy atom. The summed E-state index contributed by atoms with van der Waals surface area (Å²) >= 11 is 0. The average Bonchev–Trinajstić information content (AvgIpc) is 3.07. The lowest BCUT2D eigenvalue weighted by molar-refractivity contribution is -0.165. The number of aromatic nitrogens is 3. The molecule has 0 bridgehead atoms. The molecule has 0 aliphatic rings. The first-order valence-electron chi connectivity index (χ1n) is 8.66. The molecule has 0 fully saturated rings. The summed E-state index contributed by atoms with van der Waals surface area (Å²) in [5, 5.41) is 18.5. The number of carbonyl (C=O) groups is 1. The van der Waals surface area contributed by atoms with Crippen molar-refractivity contribution < 1.29 is 19.1 Å². The van der Waals surface area contributed by atoms with Gasteiger partial charge in [-0.05, 0) is 52.3 Å². The van der Waals surface area contributed by atoms with E-state index in [1.54, 1.807) is 45.3 Å². The van der Waals surface area contributed by atoms with Gasteiger partial charge in [-0.25, -0.2) is 0 Å². The molecule has 3 N–H and O–H groups in total. The lowest BCUT2D eigenvalue weighted by atomic mass is 9.95. The average molecular weight is 362 g/mol. The van der Waals surface area contributed by atoms with Gasteiger partial charge < -0.3 is 20.0 Å². The second-order valence-electron chi connectivity index (χ2n) is 7.06. The third kappa shape index (κ3) is 5.60. The number of nitrogens with two attached hydrogens (primary N) is 1. The van der Waals surface area contributed by atoms with Gasteiger partial charge in [0, 0.05) is 12.4 Å². The van der Waals surface area contributed by atoms with Gasteiger partial charge in [-0.3, -0.25) is 9.78 Å². The highest BCUT2D eigenvalue weighted by atomic mass is 16.6. The molecule has 2 aromatic heterocycles. The maximum atomic E-state index is 12.5. The molecule has 0 saturated heterocycles. The quantitative estimate of drug-likeness (QED) is 0.541. The zero-order chi connectivity index (χ0) is 19.2. The van der Waals surface area contributed by atoms with E-state index in [0.29, 0.717) is 24.9 Å². The zero-order valence-electron chi connectivity index (χ0n) is 15.4. The van der Waals surface area contributed by atoms with Crippen LogP contribution in [-0.4, -0.2) is 38.4 Å². The standard InChI is InChI=1S/C18H26N4O4/c1-18(2,3)26-17(24)13(8-4-5-9-19)14(23)16-22-21-15(25-16)12-7-6-10-20-11-12/h6-7,10-11,13-14,23H,4-5,8-9,19H2,1-3H3. The number of hydrogen-bond acceptors (Lipinski definition) is 8. The van der Waals surface area contributed by atoms with Crippen LogP contribution in [-0.2, 0) is 9.53 Å². The molecule has 2 aromatic rings. The largest absolute Gasteiger partial charge is 0.460 e. The number of aliphatic hydroxyl groups excluding tert-OH is 1. The monoisotopic (exact) mass is 362 g/mol. The summed E-state index contributed by atoms with van der Waals surface area (Å²) in [4.78, 5) is 16.5. The Bertz CT molecular complexity index is 697. The molecule has 8 nitrogen and oxygen atoms in total. The number of aliphatic hydroxyl groups is 1. The molecule has 0 spiro atoms. The van der Waals surface area contributed by atoms with Gasteiger partial charge in [-0.2, -0.15) is 0 Å². The van der Waals surface area contributed by atoms with E-state index in [2.05, 4.69) is 15.2 Å². The third-order valence-electron chi connectivity index (χ3n) is 3.66. The molecule has 2 heterocycles. The van der Waals surface area contributed by atoms with E-state index in [4.69, 9.17) is 14.9 Å². The molecule has 2 unspecified atom stereocenters. The first kappa shape index (κ1) is 20.0. The number of nitrogens with zero attached hydrogens (tertiary/aromatic N) is 3. The van der Waals surface area contributed by atoms with E-state index < -0.39 is 23.6 Å². The first-order chi connectivity index (χ1) is 12.3. The lowest BCUT2D eigenvalue weighted by Crippen LogP contribution is -2.32. The second kappa shape index (κ2) is 8.86. The molecule has 0 amide bonds. The van der Waals surface area contributed by atoms with Gasteiger partial charge in [0.1, 0.15) is 11.7 Å². The summed E-state index contributed by atoms with van der Waals surface area (Å²) in [6, 6.07) is 3.51. The van der Waals surface area contributed by atoms with Crippen molar-refractivity contribution in [3.8, 4) is 11.5 Å². The van der Waals surface area contributed by atoms with Gasteiger partial charge in [0.15, 0.2) is 0 Å². The van der Waals surface area contributed by atoms with Crippen LogP contribution in [0.25, 0.3) is 11.5 Å². The number of hydrogen-bond donors (Lipinski definition) is 2. The molecule has 0 saturated carbocycles. The predicted molar refractivity (Wildman–Crippen MR) is 94.7 cm³/mol. The highest BCUT2D eigenvalue weighted by Gasteiger charge is 2.35. The maximum absolute atomic E-state index is 12.5. The Kier molecular flexibility index (Phi) is 6.82. The third-order valence-corrected chi connectivity index (χ3v) is 3.66. The van der Waals surface area contributed by atoms with Crippen LogP contribution in [0.2, 0.25) is 0 Å². The minimum absolute atomic E-state index is 0.0209. The van der Waals surface area contributed by atoms with Gasteiger partial charge >= 0.3 is 5.97 Å². The molecule has 2 atom stereocenters. The highest BCUT2D eigenvalue weighted by molar-refractivity contribution is 5.73. The first-order valence-corrected chi connectivity index (χ1v) is 8.66. The number of esters is 1. The molecule has 0 aliphatic carbocycles. The van der Waals surface area contributed by atoms with E-state index in [9.17, 15) is 9.90 Å². The number of rotatable bonds is 8. The second-order valence-corrected chi connectivity index (χ2v) is 7.06. The van der Waals surface area contributed by atoms with Gasteiger partial charge in [-0.1, -0.05) is 6.42 Å². The Labute approximate surface area is 152 Å². The van der Waals surface area contributed by atoms with Crippen LogP contribution in [0.5, 0.6) is 0 Å². The number of ether oxygens (including phenoxy) is 1. The normalized spacial score (nSPS) is 14.0. The predicted octanol–water partition coefficient (Wildman–Crippen LogP) is 2.25. The molecule has 142 valence electrons. The fourth-order valence-corrected chi connectivity index (χ4v) is 2.42. The van der Waals surface area contributed by atoms with Crippen molar-refractivity contribution in [3.63, 3.8) is 0 Å². The summed E-state index contributed by atoms with van der Waals surface area (Å²) in [6.07, 6.45) is 3.80. The molecular weight excluding hydrogens is 336 g/mol.